The van der Waals surface area contributed by atoms with Crippen molar-refractivity contribution in [2.75, 3.05) is 13.7 Å². The molecule has 1 saturated heterocycles. The molecule has 1 aromatic carbocycles. The first-order valence-electron chi connectivity index (χ1n) is 5.69. The Balaban J connectivity index is 2.44. The molecular weight excluding hydrogens is 378 g/mol. The minimum atomic E-state index is -0.416. The SMILES string of the molecule is C#CCN1C(=O)SC(=Cc2cc(Cl)cc(Br)c2OC)C1=O. The second-order valence-corrected chi connectivity index (χ2v) is 6.27. The Bertz CT molecular complexity index is 696. The van der Waals surface area contributed by atoms with E-state index in [9.17, 15) is 9.59 Å². The Morgan fingerprint density at radius 3 is 2.86 bits per heavy atom. The third-order valence-electron chi connectivity index (χ3n) is 2.65. The van der Waals surface area contributed by atoms with E-state index in [2.05, 4.69) is 21.9 Å². The average molecular weight is 387 g/mol. The first-order valence-corrected chi connectivity index (χ1v) is 7.68. The van der Waals surface area contributed by atoms with E-state index in [4.69, 9.17) is 22.8 Å². The first-order chi connectivity index (χ1) is 9.97. The summed E-state index contributed by atoms with van der Waals surface area (Å²) in [5.74, 6) is 2.40. The maximum atomic E-state index is 12.1. The van der Waals surface area contributed by atoms with Crippen molar-refractivity contribution in [2.24, 2.45) is 0 Å². The molecule has 1 heterocycles. The Labute approximate surface area is 139 Å². The molecule has 0 atom stereocenters. The number of carbonyl (C=O) groups excluding carboxylic acids is 2. The van der Waals surface area contributed by atoms with Gasteiger partial charge in [-0.3, -0.25) is 14.5 Å². The number of ether oxygens (including phenoxy) is 1. The van der Waals surface area contributed by atoms with Gasteiger partial charge >= 0.3 is 0 Å². The maximum absolute atomic E-state index is 12.1. The molecule has 7 heteroatoms. The van der Waals surface area contributed by atoms with Crippen LogP contribution < -0.4 is 4.74 Å². The fourth-order valence-corrected chi connectivity index (χ4v) is 3.60. The number of carbonyl (C=O) groups is 2. The van der Waals surface area contributed by atoms with E-state index >= 15 is 0 Å². The van der Waals surface area contributed by atoms with Crippen molar-refractivity contribution in [2.45, 2.75) is 0 Å². The van der Waals surface area contributed by atoms with E-state index in [0.29, 0.717) is 20.8 Å². The van der Waals surface area contributed by atoms with Crippen LogP contribution in [0.2, 0.25) is 5.02 Å². The van der Waals surface area contributed by atoms with Gasteiger partial charge < -0.3 is 4.74 Å². The van der Waals surface area contributed by atoms with E-state index in [-0.39, 0.29) is 16.7 Å². The molecule has 108 valence electrons. The van der Waals surface area contributed by atoms with Crippen LogP contribution in [0.25, 0.3) is 6.08 Å². The molecule has 2 amide bonds. The molecule has 0 bridgehead atoms. The number of halogens is 2. The summed E-state index contributed by atoms with van der Waals surface area (Å²) in [6, 6.07) is 3.34. The highest BCUT2D eigenvalue weighted by Crippen LogP contribution is 2.37. The van der Waals surface area contributed by atoms with E-state index in [0.717, 1.165) is 16.7 Å². The lowest BCUT2D eigenvalue weighted by molar-refractivity contribution is -0.122. The number of hydrogen-bond acceptors (Lipinski definition) is 4. The average Bonchev–Trinajstić information content (AvgIpc) is 2.66. The van der Waals surface area contributed by atoms with Crippen LogP contribution in [0, 0.1) is 12.3 Å². The number of rotatable bonds is 3. The van der Waals surface area contributed by atoms with Crippen molar-refractivity contribution < 1.29 is 14.3 Å². The lowest BCUT2D eigenvalue weighted by atomic mass is 10.2. The highest BCUT2D eigenvalue weighted by molar-refractivity contribution is 9.10. The van der Waals surface area contributed by atoms with E-state index < -0.39 is 5.91 Å². The van der Waals surface area contributed by atoms with Crippen LogP contribution in [0.4, 0.5) is 4.79 Å². The van der Waals surface area contributed by atoms with Gasteiger partial charge in [-0.15, -0.1) is 6.42 Å². The summed E-state index contributed by atoms with van der Waals surface area (Å²) < 4.78 is 5.94. The molecule has 0 aromatic heterocycles. The van der Waals surface area contributed by atoms with Crippen molar-refractivity contribution in [1.82, 2.24) is 4.90 Å². The van der Waals surface area contributed by atoms with Crippen LogP contribution in [0.1, 0.15) is 5.56 Å². The van der Waals surface area contributed by atoms with Gasteiger partial charge in [-0.1, -0.05) is 17.5 Å². The van der Waals surface area contributed by atoms with Gasteiger partial charge in [0, 0.05) is 10.6 Å². The molecule has 1 aliphatic rings. The van der Waals surface area contributed by atoms with Gasteiger partial charge in [0.25, 0.3) is 11.1 Å². The van der Waals surface area contributed by atoms with E-state index in [1.807, 2.05) is 0 Å². The molecule has 0 spiro atoms. The third-order valence-corrected chi connectivity index (χ3v) is 4.37. The summed E-state index contributed by atoms with van der Waals surface area (Å²) >= 11 is 10.2. The normalized spacial score (nSPS) is 16.5. The van der Waals surface area contributed by atoms with Crippen molar-refractivity contribution >= 4 is 56.5 Å². The number of nitrogens with zero attached hydrogens (tertiary/aromatic N) is 1. The van der Waals surface area contributed by atoms with E-state index in [1.54, 1.807) is 18.2 Å². The Morgan fingerprint density at radius 2 is 2.24 bits per heavy atom. The number of benzene rings is 1. The second-order valence-electron chi connectivity index (χ2n) is 3.98. The number of imide groups is 1. The Hall–Kier alpha value is -1.42. The van der Waals surface area contributed by atoms with Crippen molar-refractivity contribution in [3.8, 4) is 18.1 Å². The number of hydrogen-bond donors (Lipinski definition) is 0. The number of methoxy groups -OCH3 is 1. The van der Waals surface area contributed by atoms with Crippen LogP contribution in [0.3, 0.4) is 0 Å². The summed E-state index contributed by atoms with van der Waals surface area (Å²) in [7, 11) is 1.51. The predicted molar refractivity (Wildman–Crippen MR) is 87.2 cm³/mol. The second kappa shape index (κ2) is 6.56. The topological polar surface area (TPSA) is 46.6 Å². The molecule has 4 nitrogen and oxygen atoms in total. The number of terminal acetylenes is 1. The van der Waals surface area contributed by atoms with Crippen molar-refractivity contribution in [1.29, 1.82) is 0 Å². The molecule has 1 fully saturated rings. The Kier molecular flexibility index (Phi) is 4.99. The van der Waals surface area contributed by atoms with Crippen LogP contribution in [-0.2, 0) is 4.79 Å². The summed E-state index contributed by atoms with van der Waals surface area (Å²) in [6.07, 6.45) is 6.71. The fraction of sp³-hybridized carbons (Fsp3) is 0.143. The monoisotopic (exact) mass is 385 g/mol. The fourth-order valence-electron chi connectivity index (χ4n) is 1.77. The largest absolute Gasteiger partial charge is 0.495 e. The van der Waals surface area contributed by atoms with Gasteiger partial charge in [-0.05, 0) is 45.9 Å². The standard InChI is InChI=1S/C14H9BrClNO3S/c1-3-4-17-13(18)11(21-14(17)19)6-8-5-9(16)7-10(15)12(8)20-2/h1,5-7H,4H2,2H3. The van der Waals surface area contributed by atoms with Gasteiger partial charge in [-0.2, -0.15) is 0 Å². The number of thioether (sulfide) groups is 1. The lowest BCUT2D eigenvalue weighted by Gasteiger charge is -2.09. The molecule has 0 unspecified atom stereocenters. The minimum absolute atomic E-state index is 0.0433. The molecule has 0 saturated carbocycles. The van der Waals surface area contributed by atoms with Gasteiger partial charge in [0.2, 0.25) is 0 Å². The van der Waals surface area contributed by atoms with Gasteiger partial charge in [0.05, 0.1) is 23.0 Å². The molecule has 1 aromatic rings. The smallest absolute Gasteiger partial charge is 0.294 e. The highest BCUT2D eigenvalue weighted by atomic mass is 79.9. The van der Waals surface area contributed by atoms with Crippen LogP contribution in [0.15, 0.2) is 21.5 Å². The Morgan fingerprint density at radius 1 is 1.52 bits per heavy atom. The zero-order chi connectivity index (χ0) is 15.6. The molecule has 0 radical (unpaired) electrons. The zero-order valence-corrected chi connectivity index (χ0v) is 14.0. The third kappa shape index (κ3) is 3.26. The lowest BCUT2D eigenvalue weighted by Crippen LogP contribution is -2.28. The summed E-state index contributed by atoms with van der Waals surface area (Å²) in [6.45, 7) is -0.0433. The molecule has 0 N–H and O–H groups in total. The first kappa shape index (κ1) is 16.0. The minimum Gasteiger partial charge on any atom is -0.495 e. The molecular formula is C14H9BrClNO3S. The summed E-state index contributed by atoms with van der Waals surface area (Å²) in [4.78, 5) is 25.1. The maximum Gasteiger partial charge on any atom is 0.294 e. The highest BCUT2D eigenvalue weighted by Gasteiger charge is 2.34. The van der Waals surface area contributed by atoms with Crippen molar-refractivity contribution in [3.63, 3.8) is 0 Å². The molecule has 1 aliphatic heterocycles. The molecule has 2 rings (SSSR count). The van der Waals surface area contributed by atoms with E-state index in [1.165, 1.54) is 7.11 Å². The number of amides is 2. The van der Waals surface area contributed by atoms with Crippen LogP contribution in [-0.4, -0.2) is 29.7 Å². The van der Waals surface area contributed by atoms with Crippen molar-refractivity contribution in [3.05, 3.63) is 32.1 Å². The van der Waals surface area contributed by atoms with Gasteiger partial charge in [0.15, 0.2) is 0 Å². The molecule has 0 aliphatic carbocycles. The quantitative estimate of drug-likeness (QED) is 0.586. The zero-order valence-electron chi connectivity index (χ0n) is 10.9. The summed E-state index contributed by atoms with van der Waals surface area (Å²) in [5, 5.41) is 0.0982. The van der Waals surface area contributed by atoms with Crippen LogP contribution in [0.5, 0.6) is 5.75 Å². The van der Waals surface area contributed by atoms with Gasteiger partial charge in [-0.25, -0.2) is 0 Å². The van der Waals surface area contributed by atoms with Gasteiger partial charge in [0.1, 0.15) is 5.75 Å². The predicted octanol–water partition coefficient (Wildman–Crippen LogP) is 3.78. The summed E-state index contributed by atoms with van der Waals surface area (Å²) in [5.41, 5.74) is 0.600. The van der Waals surface area contributed by atoms with Crippen LogP contribution >= 0.6 is 39.3 Å². The molecule has 21 heavy (non-hydrogen) atoms.